The van der Waals surface area contributed by atoms with E-state index in [-0.39, 0.29) is 20.6 Å². The van der Waals surface area contributed by atoms with E-state index in [1.807, 2.05) is 0 Å². The minimum atomic E-state index is -3.97. The average molecular weight is 464 g/mol. The summed E-state index contributed by atoms with van der Waals surface area (Å²) >= 11 is 12.0. The highest BCUT2D eigenvalue weighted by atomic mass is 35.5. The summed E-state index contributed by atoms with van der Waals surface area (Å²) in [7, 11) is -2.50. The number of halogens is 2. The number of nitrogen functional groups attached to an aromatic ring is 1. The van der Waals surface area contributed by atoms with Crippen molar-refractivity contribution in [2.75, 3.05) is 17.6 Å². The summed E-state index contributed by atoms with van der Waals surface area (Å²) in [6, 6.07) is 10.9. The minimum Gasteiger partial charge on any atom is -0.496 e. The molecular weight excluding hydrogens is 449 g/mol. The molecule has 2 aromatic heterocycles. The third kappa shape index (κ3) is 3.51. The van der Waals surface area contributed by atoms with E-state index in [9.17, 15) is 8.42 Å². The van der Waals surface area contributed by atoms with Crippen molar-refractivity contribution in [1.82, 2.24) is 14.6 Å². The third-order valence-electron chi connectivity index (χ3n) is 4.40. The summed E-state index contributed by atoms with van der Waals surface area (Å²) in [5.41, 5.74) is 8.34. The van der Waals surface area contributed by atoms with Crippen molar-refractivity contribution in [2.45, 2.75) is 4.90 Å². The van der Waals surface area contributed by atoms with E-state index in [1.165, 1.54) is 35.9 Å². The van der Waals surface area contributed by atoms with Gasteiger partial charge in [-0.2, -0.15) is 9.61 Å². The largest absolute Gasteiger partial charge is 0.496 e. The molecule has 0 unspecified atom stereocenters. The highest BCUT2D eigenvalue weighted by Gasteiger charge is 2.21. The molecular formula is C19H15Cl2N5O3S. The van der Waals surface area contributed by atoms with Crippen molar-refractivity contribution in [3.8, 4) is 16.9 Å². The van der Waals surface area contributed by atoms with Crippen LogP contribution in [0.4, 0.5) is 11.5 Å². The van der Waals surface area contributed by atoms with Crippen LogP contribution in [0.25, 0.3) is 16.8 Å². The lowest BCUT2D eigenvalue weighted by atomic mass is 10.1. The number of hydrogen-bond donors (Lipinski definition) is 2. The Morgan fingerprint density at radius 1 is 1.13 bits per heavy atom. The second-order valence-corrected chi connectivity index (χ2v) is 8.67. The van der Waals surface area contributed by atoms with Crippen LogP contribution < -0.4 is 15.2 Å². The maximum Gasteiger partial charge on any atom is 0.263 e. The molecule has 4 rings (SSSR count). The van der Waals surface area contributed by atoms with Crippen LogP contribution in [0.15, 0.2) is 59.8 Å². The van der Waals surface area contributed by atoms with Crippen molar-refractivity contribution in [2.24, 2.45) is 0 Å². The van der Waals surface area contributed by atoms with Crippen LogP contribution in [-0.4, -0.2) is 30.1 Å². The average Bonchev–Trinajstić information content (AvgIpc) is 3.20. The van der Waals surface area contributed by atoms with Gasteiger partial charge >= 0.3 is 0 Å². The molecule has 0 saturated carbocycles. The van der Waals surface area contributed by atoms with Gasteiger partial charge < -0.3 is 10.5 Å². The van der Waals surface area contributed by atoms with Crippen LogP contribution in [0.2, 0.25) is 10.0 Å². The van der Waals surface area contributed by atoms with E-state index in [0.717, 1.165) is 0 Å². The van der Waals surface area contributed by atoms with Crippen LogP contribution >= 0.6 is 23.2 Å². The number of nitrogens with zero attached hydrogens (tertiary/aromatic N) is 3. The molecule has 0 saturated heterocycles. The molecule has 0 spiro atoms. The topological polar surface area (TPSA) is 112 Å². The second-order valence-electron chi connectivity index (χ2n) is 6.23. The molecule has 0 atom stereocenters. The molecule has 2 heterocycles. The fourth-order valence-corrected chi connectivity index (χ4v) is 4.79. The summed E-state index contributed by atoms with van der Waals surface area (Å²) in [5.74, 6) is 0.773. The number of rotatable bonds is 5. The summed E-state index contributed by atoms with van der Waals surface area (Å²) < 4.78 is 35.0. The first-order valence-corrected chi connectivity index (χ1v) is 10.8. The van der Waals surface area contributed by atoms with Crippen LogP contribution in [0.1, 0.15) is 0 Å². The fraction of sp³-hybridized carbons (Fsp3) is 0.0526. The summed E-state index contributed by atoms with van der Waals surface area (Å²) in [6.07, 6.45) is 3.21. The molecule has 4 aromatic rings. The summed E-state index contributed by atoms with van der Waals surface area (Å²) in [6.45, 7) is 0. The van der Waals surface area contributed by atoms with E-state index in [0.29, 0.717) is 28.3 Å². The van der Waals surface area contributed by atoms with Crippen molar-refractivity contribution in [3.05, 3.63) is 64.9 Å². The zero-order chi connectivity index (χ0) is 21.5. The van der Waals surface area contributed by atoms with Crippen molar-refractivity contribution in [3.63, 3.8) is 0 Å². The molecule has 154 valence electrons. The smallest absolute Gasteiger partial charge is 0.263 e. The van der Waals surface area contributed by atoms with E-state index in [1.54, 1.807) is 30.6 Å². The molecule has 0 aliphatic rings. The summed E-state index contributed by atoms with van der Waals surface area (Å²) in [5, 5.41) is 4.24. The molecule has 3 N–H and O–H groups in total. The van der Waals surface area contributed by atoms with Gasteiger partial charge in [0.2, 0.25) is 0 Å². The Bertz CT molecular complexity index is 1370. The predicted molar refractivity (Wildman–Crippen MR) is 117 cm³/mol. The minimum absolute atomic E-state index is 0.0541. The number of ether oxygens (including phenoxy) is 1. The molecule has 8 nitrogen and oxygen atoms in total. The van der Waals surface area contributed by atoms with E-state index in [2.05, 4.69) is 14.8 Å². The Morgan fingerprint density at radius 2 is 1.93 bits per heavy atom. The molecule has 0 aliphatic heterocycles. The lowest BCUT2D eigenvalue weighted by molar-refractivity contribution is 0.416. The lowest BCUT2D eigenvalue weighted by Gasteiger charge is -2.15. The Kier molecular flexibility index (Phi) is 5.19. The molecule has 0 radical (unpaired) electrons. The SMILES string of the molecule is COc1cc(NS(=O)(=O)c2cccc(Cl)c2Cl)ccc1-c1cnc2ccnn2c1N. The fourth-order valence-electron chi connectivity index (χ4n) is 2.98. The molecule has 0 bridgehead atoms. The number of hydrogen-bond acceptors (Lipinski definition) is 6. The van der Waals surface area contributed by atoms with Crippen molar-refractivity contribution < 1.29 is 13.2 Å². The van der Waals surface area contributed by atoms with Crippen molar-refractivity contribution >= 4 is 50.4 Å². The number of methoxy groups -OCH3 is 1. The summed E-state index contributed by atoms with van der Waals surface area (Å²) in [4.78, 5) is 4.19. The number of fused-ring (bicyclic) bond motifs is 1. The highest BCUT2D eigenvalue weighted by Crippen LogP contribution is 2.36. The van der Waals surface area contributed by atoms with E-state index >= 15 is 0 Å². The quantitative estimate of drug-likeness (QED) is 0.460. The number of nitrogens with one attached hydrogen (secondary N) is 1. The molecule has 30 heavy (non-hydrogen) atoms. The lowest BCUT2D eigenvalue weighted by Crippen LogP contribution is -2.13. The maximum absolute atomic E-state index is 12.8. The molecule has 0 fully saturated rings. The van der Waals surface area contributed by atoms with Gasteiger partial charge in [-0.15, -0.1) is 0 Å². The predicted octanol–water partition coefficient (Wildman–Crippen LogP) is 4.09. The van der Waals surface area contributed by atoms with Crippen LogP contribution in [0.3, 0.4) is 0 Å². The molecule has 11 heteroatoms. The van der Waals surface area contributed by atoms with Crippen LogP contribution in [0, 0.1) is 0 Å². The monoisotopic (exact) mass is 463 g/mol. The number of anilines is 2. The first kappa shape index (κ1) is 20.3. The highest BCUT2D eigenvalue weighted by molar-refractivity contribution is 7.92. The number of sulfonamides is 1. The van der Waals surface area contributed by atoms with Crippen LogP contribution in [0.5, 0.6) is 5.75 Å². The van der Waals surface area contributed by atoms with Gasteiger partial charge in [0.15, 0.2) is 5.65 Å². The molecule has 2 aromatic carbocycles. The van der Waals surface area contributed by atoms with Gasteiger partial charge in [-0.3, -0.25) is 4.72 Å². The Hall–Kier alpha value is -3.01. The normalized spacial score (nSPS) is 11.6. The van der Waals surface area contributed by atoms with Crippen LogP contribution in [-0.2, 0) is 10.0 Å². The van der Waals surface area contributed by atoms with Gasteiger partial charge in [0.05, 0.1) is 29.0 Å². The van der Waals surface area contributed by atoms with Gasteiger partial charge in [-0.1, -0.05) is 29.3 Å². The first-order chi connectivity index (χ1) is 14.3. The number of nitrogens with two attached hydrogens (primary N) is 1. The first-order valence-electron chi connectivity index (χ1n) is 8.55. The second kappa shape index (κ2) is 7.67. The van der Waals surface area contributed by atoms with Gasteiger partial charge in [-0.05, 0) is 24.3 Å². The zero-order valence-electron chi connectivity index (χ0n) is 15.5. The van der Waals surface area contributed by atoms with E-state index < -0.39 is 10.0 Å². The van der Waals surface area contributed by atoms with Gasteiger partial charge in [-0.25, -0.2) is 13.4 Å². The Labute approximate surface area is 182 Å². The Morgan fingerprint density at radius 3 is 2.70 bits per heavy atom. The van der Waals surface area contributed by atoms with E-state index in [4.69, 9.17) is 33.7 Å². The third-order valence-corrected chi connectivity index (χ3v) is 6.76. The van der Waals surface area contributed by atoms with Gasteiger partial charge in [0.1, 0.15) is 16.5 Å². The van der Waals surface area contributed by atoms with Gasteiger partial charge in [0.25, 0.3) is 10.0 Å². The Balaban J connectivity index is 1.73. The standard InChI is InChI=1S/C19H15Cl2N5O3S/c1-29-15-9-11(25-30(27,28)16-4-2-3-14(20)18(16)21)5-6-12(15)13-10-23-17-7-8-24-26(17)19(13)22/h2-10,25H,22H2,1H3. The number of aromatic nitrogens is 3. The van der Waals surface area contributed by atoms with Gasteiger partial charge in [0, 0.05) is 29.5 Å². The number of benzene rings is 2. The molecule has 0 amide bonds. The van der Waals surface area contributed by atoms with Crippen molar-refractivity contribution in [1.29, 1.82) is 0 Å². The zero-order valence-corrected chi connectivity index (χ0v) is 17.8. The molecule has 0 aliphatic carbocycles. The maximum atomic E-state index is 12.8.